The molecule has 1 aromatic carbocycles. The van der Waals surface area contributed by atoms with Crippen molar-refractivity contribution >= 4 is 28.3 Å². The molecular weight excluding hydrogens is 338 g/mol. The van der Waals surface area contributed by atoms with Gasteiger partial charge in [-0.05, 0) is 31.5 Å². The van der Waals surface area contributed by atoms with Crippen molar-refractivity contribution in [2.75, 3.05) is 32.7 Å². The van der Waals surface area contributed by atoms with Crippen LogP contribution in [0.1, 0.15) is 12.8 Å². The van der Waals surface area contributed by atoms with Crippen LogP contribution < -0.4 is 5.32 Å². The van der Waals surface area contributed by atoms with Crippen molar-refractivity contribution in [3.8, 4) is 0 Å². The molecule has 0 spiro atoms. The summed E-state index contributed by atoms with van der Waals surface area (Å²) in [6.07, 6.45) is 1.90. The number of hydrogen-bond donors (Lipinski definition) is 1. The van der Waals surface area contributed by atoms with E-state index in [1.807, 2.05) is 0 Å². The molecule has 1 atom stereocenters. The molecule has 2 saturated heterocycles. The molecule has 0 saturated carbocycles. The van der Waals surface area contributed by atoms with Crippen LogP contribution in [0.25, 0.3) is 0 Å². The number of piperazine rings is 1. The maximum Gasteiger partial charge on any atom is 0.243 e. The number of carbonyl (C=O) groups excluding carboxylic acids is 1. The molecule has 1 N–H and O–H groups in total. The summed E-state index contributed by atoms with van der Waals surface area (Å²) in [4.78, 5) is 14.4. The fraction of sp³-hybridized carbons (Fsp3) is 0.533. The van der Waals surface area contributed by atoms with Gasteiger partial charge in [-0.15, -0.1) is 12.4 Å². The number of nitrogens with one attached hydrogen (secondary N) is 1. The van der Waals surface area contributed by atoms with Gasteiger partial charge in [-0.3, -0.25) is 4.79 Å². The lowest BCUT2D eigenvalue weighted by molar-refractivity contribution is -0.134. The molecule has 2 heterocycles. The van der Waals surface area contributed by atoms with E-state index in [2.05, 4.69) is 5.32 Å². The van der Waals surface area contributed by atoms with Gasteiger partial charge in [0, 0.05) is 26.2 Å². The third kappa shape index (κ3) is 3.85. The number of carbonyl (C=O) groups is 1. The Morgan fingerprint density at radius 2 is 1.74 bits per heavy atom. The summed E-state index contributed by atoms with van der Waals surface area (Å²) < 4.78 is 26.5. The van der Waals surface area contributed by atoms with E-state index >= 15 is 0 Å². The van der Waals surface area contributed by atoms with Crippen LogP contribution in [-0.4, -0.2) is 62.3 Å². The molecule has 128 valence electrons. The SMILES string of the molecule is Cl.O=C(C1CCCN1)N1CCN(S(=O)(=O)c2ccccc2)CC1. The Morgan fingerprint density at radius 1 is 1.09 bits per heavy atom. The lowest BCUT2D eigenvalue weighted by Gasteiger charge is -2.35. The van der Waals surface area contributed by atoms with Crippen LogP contribution in [0.2, 0.25) is 0 Å². The number of amides is 1. The topological polar surface area (TPSA) is 69.7 Å². The van der Waals surface area contributed by atoms with Crippen molar-refractivity contribution in [2.24, 2.45) is 0 Å². The molecule has 1 unspecified atom stereocenters. The molecule has 2 aliphatic rings. The fourth-order valence-electron chi connectivity index (χ4n) is 3.01. The van der Waals surface area contributed by atoms with E-state index in [1.165, 1.54) is 4.31 Å². The van der Waals surface area contributed by atoms with Crippen molar-refractivity contribution in [1.82, 2.24) is 14.5 Å². The van der Waals surface area contributed by atoms with Gasteiger partial charge in [-0.25, -0.2) is 8.42 Å². The summed E-state index contributed by atoms with van der Waals surface area (Å²) in [5.74, 6) is 0.106. The Labute approximate surface area is 143 Å². The highest BCUT2D eigenvalue weighted by molar-refractivity contribution is 7.89. The van der Waals surface area contributed by atoms with Gasteiger partial charge < -0.3 is 10.2 Å². The molecule has 6 nitrogen and oxygen atoms in total. The minimum atomic E-state index is -3.45. The second kappa shape index (κ2) is 7.61. The van der Waals surface area contributed by atoms with E-state index in [-0.39, 0.29) is 24.4 Å². The molecule has 1 aromatic rings. The molecule has 23 heavy (non-hydrogen) atoms. The van der Waals surface area contributed by atoms with Gasteiger partial charge in [0.15, 0.2) is 0 Å². The smallest absolute Gasteiger partial charge is 0.243 e. The number of nitrogens with zero attached hydrogens (tertiary/aromatic N) is 2. The molecule has 2 fully saturated rings. The monoisotopic (exact) mass is 359 g/mol. The average Bonchev–Trinajstić information content (AvgIpc) is 3.09. The van der Waals surface area contributed by atoms with E-state index in [0.717, 1.165) is 19.4 Å². The largest absolute Gasteiger partial charge is 0.339 e. The van der Waals surface area contributed by atoms with Gasteiger partial charge in [-0.1, -0.05) is 18.2 Å². The predicted octanol–water partition coefficient (Wildman–Crippen LogP) is 0.693. The summed E-state index contributed by atoms with van der Waals surface area (Å²) in [7, 11) is -3.45. The molecule has 0 aliphatic carbocycles. The summed E-state index contributed by atoms with van der Waals surface area (Å²) in [6, 6.07) is 8.36. The van der Waals surface area contributed by atoms with Crippen LogP contribution in [0.15, 0.2) is 35.2 Å². The molecule has 2 aliphatic heterocycles. The minimum absolute atomic E-state index is 0. The maximum absolute atomic E-state index is 12.5. The van der Waals surface area contributed by atoms with Crippen molar-refractivity contribution < 1.29 is 13.2 Å². The third-order valence-electron chi connectivity index (χ3n) is 4.29. The Morgan fingerprint density at radius 3 is 2.30 bits per heavy atom. The summed E-state index contributed by atoms with van der Waals surface area (Å²) in [5, 5.41) is 3.20. The van der Waals surface area contributed by atoms with Crippen molar-refractivity contribution in [3.63, 3.8) is 0 Å². The minimum Gasteiger partial charge on any atom is -0.339 e. The summed E-state index contributed by atoms with van der Waals surface area (Å²) in [5.41, 5.74) is 0. The summed E-state index contributed by atoms with van der Waals surface area (Å²) >= 11 is 0. The number of hydrogen-bond acceptors (Lipinski definition) is 4. The molecule has 3 rings (SSSR count). The highest BCUT2D eigenvalue weighted by atomic mass is 35.5. The number of halogens is 1. The number of benzene rings is 1. The standard InChI is InChI=1S/C15H21N3O3S.ClH/c19-15(14-7-4-8-16-14)17-9-11-18(12-10-17)22(20,21)13-5-2-1-3-6-13;/h1-3,5-6,14,16H,4,7-12H2;1H. The lowest BCUT2D eigenvalue weighted by atomic mass is 10.2. The quantitative estimate of drug-likeness (QED) is 0.862. The Kier molecular flexibility index (Phi) is 6.02. The van der Waals surface area contributed by atoms with Crippen LogP contribution in [0, 0.1) is 0 Å². The highest BCUT2D eigenvalue weighted by Crippen LogP contribution is 2.18. The van der Waals surface area contributed by atoms with Gasteiger partial charge >= 0.3 is 0 Å². The zero-order chi connectivity index (χ0) is 15.6. The highest BCUT2D eigenvalue weighted by Gasteiger charge is 2.33. The zero-order valence-electron chi connectivity index (χ0n) is 12.8. The van der Waals surface area contributed by atoms with Crippen LogP contribution >= 0.6 is 12.4 Å². The lowest BCUT2D eigenvalue weighted by Crippen LogP contribution is -2.54. The number of rotatable bonds is 3. The van der Waals surface area contributed by atoms with E-state index in [9.17, 15) is 13.2 Å². The second-order valence-corrected chi connectivity index (χ2v) is 7.63. The first-order valence-corrected chi connectivity index (χ1v) is 9.10. The Hall–Kier alpha value is -1.15. The maximum atomic E-state index is 12.5. The van der Waals surface area contributed by atoms with Gasteiger partial charge in [0.05, 0.1) is 10.9 Å². The van der Waals surface area contributed by atoms with E-state index in [0.29, 0.717) is 31.1 Å². The predicted molar refractivity (Wildman–Crippen MR) is 90.1 cm³/mol. The van der Waals surface area contributed by atoms with Gasteiger partial charge in [0.2, 0.25) is 15.9 Å². The molecule has 0 radical (unpaired) electrons. The second-order valence-electron chi connectivity index (χ2n) is 5.69. The van der Waals surface area contributed by atoms with E-state index < -0.39 is 10.0 Å². The van der Waals surface area contributed by atoms with E-state index in [4.69, 9.17) is 0 Å². The van der Waals surface area contributed by atoms with Crippen LogP contribution in [0.5, 0.6) is 0 Å². The van der Waals surface area contributed by atoms with Crippen molar-refractivity contribution in [1.29, 1.82) is 0 Å². The Balaban J connectivity index is 0.00000192. The molecule has 0 aromatic heterocycles. The van der Waals surface area contributed by atoms with Crippen molar-refractivity contribution in [2.45, 2.75) is 23.8 Å². The summed E-state index contributed by atoms with van der Waals surface area (Å²) in [6.45, 7) is 2.52. The molecule has 0 bridgehead atoms. The first-order chi connectivity index (χ1) is 10.6. The first kappa shape index (κ1) is 18.2. The fourth-order valence-corrected chi connectivity index (χ4v) is 4.45. The molecule has 1 amide bonds. The van der Waals surface area contributed by atoms with Crippen LogP contribution in [-0.2, 0) is 14.8 Å². The normalized spacial score (nSPS) is 22.6. The first-order valence-electron chi connectivity index (χ1n) is 7.66. The number of sulfonamides is 1. The average molecular weight is 360 g/mol. The van der Waals surface area contributed by atoms with Crippen molar-refractivity contribution in [3.05, 3.63) is 30.3 Å². The van der Waals surface area contributed by atoms with Crippen LogP contribution in [0.4, 0.5) is 0 Å². The van der Waals surface area contributed by atoms with Gasteiger partial charge in [-0.2, -0.15) is 4.31 Å². The van der Waals surface area contributed by atoms with Crippen LogP contribution in [0.3, 0.4) is 0 Å². The molecule has 8 heteroatoms. The van der Waals surface area contributed by atoms with Gasteiger partial charge in [0.25, 0.3) is 0 Å². The van der Waals surface area contributed by atoms with E-state index in [1.54, 1.807) is 35.2 Å². The molecular formula is C15H22ClN3O3S. The van der Waals surface area contributed by atoms with Gasteiger partial charge in [0.1, 0.15) is 0 Å². The third-order valence-corrected chi connectivity index (χ3v) is 6.20. The zero-order valence-corrected chi connectivity index (χ0v) is 14.5. The Bertz CT molecular complexity index is 625.